The fraction of sp³-hybridized carbons (Fsp3) is 0.421. The molecule has 1 fully saturated rings. The van der Waals surface area contributed by atoms with Crippen LogP contribution in [0.25, 0.3) is 11.3 Å². The molecule has 1 aromatic carbocycles. The summed E-state index contributed by atoms with van der Waals surface area (Å²) >= 11 is 12.7. The molecular weight excluding hydrogens is 418 g/mol. The zero-order chi connectivity index (χ0) is 21.1. The van der Waals surface area contributed by atoms with Crippen LogP contribution < -0.4 is 11.1 Å². The zero-order valence-electron chi connectivity index (χ0n) is 16.2. The molecule has 1 atom stereocenters. The van der Waals surface area contributed by atoms with E-state index in [1.807, 2.05) is 0 Å². The second-order valence-electron chi connectivity index (χ2n) is 7.13. The molecule has 0 spiro atoms. The van der Waals surface area contributed by atoms with Crippen LogP contribution in [0.3, 0.4) is 0 Å². The normalized spacial score (nSPS) is 16.5. The predicted octanol–water partition coefficient (Wildman–Crippen LogP) is 3.28. The minimum absolute atomic E-state index is 0.159. The molecule has 156 valence electrons. The summed E-state index contributed by atoms with van der Waals surface area (Å²) in [4.78, 5) is 24.1. The van der Waals surface area contributed by atoms with E-state index < -0.39 is 12.1 Å². The monoisotopic (exact) mass is 440 g/mol. The minimum Gasteiger partial charge on any atom is -0.325 e. The molecule has 3 rings (SSSR count). The summed E-state index contributed by atoms with van der Waals surface area (Å²) in [5.74, 6) is -0.723. The third-order valence-corrected chi connectivity index (χ3v) is 6.06. The smallest absolute Gasteiger partial charge is 0.318 e. The van der Waals surface area contributed by atoms with Crippen LogP contribution in [0.1, 0.15) is 24.6 Å². The molecule has 0 radical (unpaired) electrons. The van der Waals surface area contributed by atoms with E-state index in [2.05, 4.69) is 27.2 Å². The Kier molecular flexibility index (Phi) is 6.89. The van der Waals surface area contributed by atoms with Gasteiger partial charge < -0.3 is 20.9 Å². The van der Waals surface area contributed by atoms with Gasteiger partial charge in [-0.05, 0) is 33.0 Å². The number of hydrogen-bond donors (Lipinski definition) is 2. The van der Waals surface area contributed by atoms with Crippen molar-refractivity contribution in [3.05, 3.63) is 46.1 Å². The van der Waals surface area contributed by atoms with Crippen LogP contribution in [0, 0.1) is 5.95 Å². The number of nitrogens with zero attached hydrogens (tertiary/aromatic N) is 4. The maximum Gasteiger partial charge on any atom is 0.318 e. The van der Waals surface area contributed by atoms with E-state index >= 15 is 0 Å². The highest BCUT2D eigenvalue weighted by atomic mass is 35.5. The Hall–Kier alpha value is -2.00. The molecule has 1 aliphatic heterocycles. The number of halogens is 3. The van der Waals surface area contributed by atoms with Crippen molar-refractivity contribution in [3.8, 4) is 11.3 Å². The maximum absolute atomic E-state index is 13.4. The van der Waals surface area contributed by atoms with Gasteiger partial charge in [0.05, 0.1) is 28.1 Å². The Morgan fingerprint density at radius 2 is 2.00 bits per heavy atom. The number of rotatable bonds is 4. The predicted molar refractivity (Wildman–Crippen MR) is 111 cm³/mol. The average Bonchev–Trinajstić information content (AvgIpc) is 2.69. The number of aromatic nitrogens is 2. The van der Waals surface area contributed by atoms with Crippen molar-refractivity contribution < 1.29 is 9.18 Å². The van der Waals surface area contributed by atoms with Gasteiger partial charge >= 0.3 is 6.03 Å². The number of carbonyl (C=O) groups is 1. The van der Waals surface area contributed by atoms with E-state index in [0.29, 0.717) is 11.1 Å². The van der Waals surface area contributed by atoms with Gasteiger partial charge in [-0.15, -0.1) is 0 Å². The van der Waals surface area contributed by atoms with Gasteiger partial charge in [-0.2, -0.15) is 4.39 Å². The summed E-state index contributed by atoms with van der Waals surface area (Å²) < 4.78 is 13.4. The molecule has 1 aromatic heterocycles. The molecule has 0 saturated carbocycles. The first-order chi connectivity index (χ1) is 13.8. The molecule has 2 aromatic rings. The third kappa shape index (κ3) is 4.95. The Morgan fingerprint density at radius 1 is 1.31 bits per heavy atom. The zero-order valence-corrected chi connectivity index (χ0v) is 17.7. The second-order valence-corrected chi connectivity index (χ2v) is 7.89. The first kappa shape index (κ1) is 21.7. The molecule has 2 heterocycles. The van der Waals surface area contributed by atoms with Crippen LogP contribution in [0.4, 0.5) is 9.18 Å². The average molecular weight is 441 g/mol. The van der Waals surface area contributed by atoms with Crippen molar-refractivity contribution in [2.24, 2.45) is 5.73 Å². The van der Waals surface area contributed by atoms with Crippen LogP contribution in [0.5, 0.6) is 0 Å². The molecule has 7 nitrogen and oxygen atoms in total. The van der Waals surface area contributed by atoms with Gasteiger partial charge in [-0.1, -0.05) is 35.3 Å². The molecule has 0 aliphatic carbocycles. The van der Waals surface area contributed by atoms with Gasteiger partial charge in [0.1, 0.15) is 6.17 Å². The number of likely N-dealkylation sites (tertiary alicyclic amines) is 1. The molecule has 1 aliphatic rings. The molecule has 29 heavy (non-hydrogen) atoms. The van der Waals surface area contributed by atoms with Crippen LogP contribution in [-0.4, -0.2) is 59.0 Å². The van der Waals surface area contributed by atoms with Crippen LogP contribution in [0.2, 0.25) is 10.0 Å². The van der Waals surface area contributed by atoms with Crippen molar-refractivity contribution in [2.45, 2.75) is 25.0 Å². The summed E-state index contributed by atoms with van der Waals surface area (Å²) in [6.07, 6.45) is 3.35. The van der Waals surface area contributed by atoms with Crippen molar-refractivity contribution in [1.29, 1.82) is 0 Å². The van der Waals surface area contributed by atoms with E-state index in [1.165, 1.54) is 6.20 Å². The van der Waals surface area contributed by atoms with Gasteiger partial charge in [0.2, 0.25) is 5.95 Å². The highest BCUT2D eigenvalue weighted by Gasteiger charge is 2.26. The number of hydrogen-bond acceptors (Lipinski definition) is 5. The highest BCUT2D eigenvalue weighted by Crippen LogP contribution is 2.36. The van der Waals surface area contributed by atoms with E-state index in [0.717, 1.165) is 32.1 Å². The Labute approximate surface area is 179 Å². The molecule has 10 heteroatoms. The first-order valence-corrected chi connectivity index (χ1v) is 9.96. The molecule has 0 bridgehead atoms. The summed E-state index contributed by atoms with van der Waals surface area (Å²) in [5.41, 5.74) is 7.30. The summed E-state index contributed by atoms with van der Waals surface area (Å²) in [6.45, 7) is 1.89. The van der Waals surface area contributed by atoms with E-state index in [-0.39, 0.29) is 27.8 Å². The van der Waals surface area contributed by atoms with Gasteiger partial charge in [0, 0.05) is 24.2 Å². The van der Waals surface area contributed by atoms with E-state index in [9.17, 15) is 9.18 Å². The second kappa shape index (κ2) is 9.21. The number of amides is 2. The number of nitrogens with two attached hydrogens (primary N) is 1. The Morgan fingerprint density at radius 3 is 2.66 bits per heavy atom. The largest absolute Gasteiger partial charge is 0.325 e. The number of urea groups is 1. The van der Waals surface area contributed by atoms with Gasteiger partial charge in [0.25, 0.3) is 0 Å². The van der Waals surface area contributed by atoms with Gasteiger partial charge in [0.15, 0.2) is 0 Å². The first-order valence-electron chi connectivity index (χ1n) is 9.21. The third-order valence-electron chi connectivity index (χ3n) is 5.16. The topological polar surface area (TPSA) is 87.4 Å². The quantitative estimate of drug-likeness (QED) is 0.712. The number of carbonyl (C=O) groups excluding carboxylic acids is 1. The lowest BCUT2D eigenvalue weighted by Crippen LogP contribution is -2.50. The standard InChI is InChI=1S/C19H23Cl2FN6O/c1-27-7-5-11(6-8-27)28(2)19(29)26-18(23)13-4-3-12(16(20)17(13)21)14-9-24-10-15(22)25-14/h3-4,9-11,18H,5-8,23H2,1-2H3,(H,26,29)/t18-/m0/s1. The lowest BCUT2D eigenvalue weighted by Gasteiger charge is -2.35. The summed E-state index contributed by atoms with van der Waals surface area (Å²) in [6, 6.07) is 3.14. The number of piperidine rings is 1. The van der Waals surface area contributed by atoms with Gasteiger partial charge in [-0.3, -0.25) is 4.98 Å². The van der Waals surface area contributed by atoms with E-state index in [1.54, 1.807) is 24.1 Å². The fourth-order valence-electron chi connectivity index (χ4n) is 3.34. The van der Waals surface area contributed by atoms with Crippen LogP contribution in [0.15, 0.2) is 24.5 Å². The molecule has 1 saturated heterocycles. The SMILES string of the molecule is CN1CCC(N(C)C(=O)N[C@H](N)c2ccc(-c3cncc(F)n3)c(Cl)c2Cl)CC1. The lowest BCUT2D eigenvalue weighted by atomic mass is 10.0. The van der Waals surface area contributed by atoms with E-state index in [4.69, 9.17) is 28.9 Å². The van der Waals surface area contributed by atoms with Crippen LogP contribution >= 0.6 is 23.2 Å². The molecule has 0 unspecified atom stereocenters. The van der Waals surface area contributed by atoms with Crippen LogP contribution in [-0.2, 0) is 0 Å². The minimum atomic E-state index is -0.853. The number of nitrogens with one attached hydrogen (secondary N) is 1. The Balaban J connectivity index is 1.73. The molecule has 2 amide bonds. The van der Waals surface area contributed by atoms with Crippen molar-refractivity contribution in [1.82, 2.24) is 25.1 Å². The van der Waals surface area contributed by atoms with Crippen molar-refractivity contribution in [2.75, 3.05) is 27.2 Å². The maximum atomic E-state index is 13.4. The van der Waals surface area contributed by atoms with Crippen molar-refractivity contribution in [3.63, 3.8) is 0 Å². The highest BCUT2D eigenvalue weighted by molar-refractivity contribution is 6.44. The Bertz CT molecular complexity index is 891. The summed E-state index contributed by atoms with van der Waals surface area (Å²) in [5, 5.41) is 3.10. The summed E-state index contributed by atoms with van der Waals surface area (Å²) in [7, 11) is 3.83. The van der Waals surface area contributed by atoms with Crippen molar-refractivity contribution >= 4 is 29.2 Å². The fourth-order valence-corrected chi connectivity index (χ4v) is 3.89. The lowest BCUT2D eigenvalue weighted by molar-refractivity contribution is 0.145. The molecule has 3 N–H and O–H groups in total. The molecular formula is C19H23Cl2FN6O. The number of benzene rings is 1. The van der Waals surface area contributed by atoms with Gasteiger partial charge in [-0.25, -0.2) is 9.78 Å².